The fourth-order valence-electron chi connectivity index (χ4n) is 4.48. The largest absolute Gasteiger partial charge is 0.490 e. The van der Waals surface area contributed by atoms with Crippen molar-refractivity contribution in [3.63, 3.8) is 0 Å². The van der Waals surface area contributed by atoms with Crippen LogP contribution < -0.4 is 20.3 Å². The number of methoxy groups -OCH3 is 1. The molecule has 2 aromatic heterocycles. The molecule has 1 fully saturated rings. The number of aliphatic carboxylic acids is 1. The summed E-state index contributed by atoms with van der Waals surface area (Å²) < 4.78 is 54.5. The van der Waals surface area contributed by atoms with E-state index in [1.54, 1.807) is 37.2 Å². The van der Waals surface area contributed by atoms with Crippen LogP contribution in [-0.4, -0.2) is 70.2 Å². The molecular weight excluding hydrogens is 556 g/mol. The first-order valence-corrected chi connectivity index (χ1v) is 12.8. The first-order valence-electron chi connectivity index (χ1n) is 12.0. The summed E-state index contributed by atoms with van der Waals surface area (Å²) >= 11 is 1.41. The number of thiazole rings is 1. The van der Waals surface area contributed by atoms with Crippen molar-refractivity contribution in [3.05, 3.63) is 41.8 Å². The highest BCUT2D eigenvalue weighted by molar-refractivity contribution is 7.21. The Morgan fingerprint density at radius 1 is 1.18 bits per heavy atom. The molecule has 2 atom stereocenters. The number of amides is 1. The molecule has 1 aliphatic heterocycles. The maximum atomic E-state index is 15.0. The molecule has 10 nitrogen and oxygen atoms in total. The molecule has 15 heteroatoms. The average molecular weight is 583 g/mol. The topological polar surface area (TPSA) is 122 Å². The summed E-state index contributed by atoms with van der Waals surface area (Å²) in [7, 11) is 3.29. The van der Waals surface area contributed by atoms with Gasteiger partial charge in [-0.15, -0.1) is 0 Å². The molecule has 0 unspecified atom stereocenters. The number of nitrogens with one attached hydrogen (secondary N) is 2. The number of carbonyl (C=O) groups is 2. The Morgan fingerprint density at radius 3 is 2.42 bits per heavy atom. The molecule has 0 saturated carbocycles. The number of hydrogen-bond donors (Lipinski definition) is 3. The van der Waals surface area contributed by atoms with Gasteiger partial charge in [0, 0.05) is 38.4 Å². The number of hydrogen-bond acceptors (Lipinski definition) is 8. The molecule has 5 rings (SSSR count). The number of anilines is 2. The van der Waals surface area contributed by atoms with E-state index in [4.69, 9.17) is 14.6 Å². The van der Waals surface area contributed by atoms with Crippen molar-refractivity contribution in [2.75, 3.05) is 30.4 Å². The second-order valence-electron chi connectivity index (χ2n) is 9.29. The summed E-state index contributed by atoms with van der Waals surface area (Å²) in [6.07, 6.45) is -3.49. The SMILES string of the molecule is COc1nc2c(C(=O)Nc3ccc4nn(C)cc4c3F)ccc(N3C[C@H](C)N[C@@H](C)C3)c2s1.O=C(O)C(F)(F)F. The Kier molecular flexibility index (Phi) is 8.16. The van der Waals surface area contributed by atoms with E-state index in [-0.39, 0.29) is 5.69 Å². The lowest BCUT2D eigenvalue weighted by atomic mass is 10.1. The predicted octanol–water partition coefficient (Wildman–Crippen LogP) is 4.40. The van der Waals surface area contributed by atoms with E-state index in [2.05, 4.69) is 39.5 Å². The Bertz CT molecular complexity index is 1560. The summed E-state index contributed by atoms with van der Waals surface area (Å²) in [6, 6.07) is 7.59. The molecular formula is C25H26F4N6O4S. The number of fused-ring (bicyclic) bond motifs is 2. The van der Waals surface area contributed by atoms with E-state index in [1.807, 2.05) is 6.07 Å². The van der Waals surface area contributed by atoms with Crippen molar-refractivity contribution >= 4 is 55.7 Å². The molecule has 1 saturated heterocycles. The number of nitrogens with zero attached hydrogens (tertiary/aromatic N) is 4. The van der Waals surface area contributed by atoms with Crippen LogP contribution in [0, 0.1) is 5.82 Å². The highest BCUT2D eigenvalue weighted by Gasteiger charge is 2.38. The number of aryl methyl sites for hydroxylation is 1. The van der Waals surface area contributed by atoms with Gasteiger partial charge in [-0.25, -0.2) is 14.2 Å². The van der Waals surface area contributed by atoms with E-state index in [1.165, 1.54) is 17.4 Å². The van der Waals surface area contributed by atoms with Crippen LogP contribution in [0.2, 0.25) is 0 Å². The van der Waals surface area contributed by atoms with Crippen LogP contribution in [0.1, 0.15) is 24.2 Å². The standard InChI is InChI=1S/C23H25FN6O2S.C2HF3O2/c1-12-9-30(10-13(2)25-12)18-8-5-14(20-21(18)33-23(27-20)32-4)22(31)26-17-7-6-16-15(19(17)24)11-29(3)28-16;3-2(4,5)1(6)7/h5-8,11-13,25H,9-10H2,1-4H3,(H,26,31);(H,6,7)/t12-,13-;/m0./s1. The zero-order chi connectivity index (χ0) is 29.4. The molecule has 214 valence electrons. The van der Waals surface area contributed by atoms with Gasteiger partial charge in [0.05, 0.1) is 39.7 Å². The van der Waals surface area contributed by atoms with Crippen LogP contribution in [0.5, 0.6) is 5.19 Å². The van der Waals surface area contributed by atoms with Gasteiger partial charge in [0.2, 0.25) is 0 Å². The smallest absolute Gasteiger partial charge is 0.475 e. The lowest BCUT2D eigenvalue weighted by Crippen LogP contribution is -2.54. The number of rotatable bonds is 4. The molecule has 1 aliphatic rings. The Hall–Kier alpha value is -3.98. The van der Waals surface area contributed by atoms with E-state index in [0.717, 1.165) is 23.5 Å². The number of ether oxygens (including phenoxy) is 1. The van der Waals surface area contributed by atoms with Gasteiger partial charge in [-0.3, -0.25) is 9.48 Å². The van der Waals surface area contributed by atoms with Crippen LogP contribution in [0.15, 0.2) is 30.5 Å². The first-order chi connectivity index (χ1) is 18.8. The third kappa shape index (κ3) is 6.09. The first kappa shape index (κ1) is 29.0. The monoisotopic (exact) mass is 582 g/mol. The third-order valence-electron chi connectivity index (χ3n) is 6.05. The number of piperazine rings is 1. The summed E-state index contributed by atoms with van der Waals surface area (Å²) in [6.45, 7) is 6.01. The molecule has 0 radical (unpaired) electrons. The zero-order valence-electron chi connectivity index (χ0n) is 21.8. The Morgan fingerprint density at radius 2 is 1.82 bits per heavy atom. The maximum Gasteiger partial charge on any atom is 0.490 e. The second-order valence-corrected chi connectivity index (χ2v) is 10.2. The van der Waals surface area contributed by atoms with E-state index in [0.29, 0.717) is 39.3 Å². The number of benzene rings is 2. The second kappa shape index (κ2) is 11.3. The Balaban J connectivity index is 0.000000470. The van der Waals surface area contributed by atoms with Gasteiger partial charge in [-0.05, 0) is 38.1 Å². The number of carbonyl (C=O) groups excluding carboxylic acids is 1. The molecule has 4 aromatic rings. The van der Waals surface area contributed by atoms with Gasteiger partial charge >= 0.3 is 12.1 Å². The van der Waals surface area contributed by atoms with Crippen molar-refractivity contribution in [1.29, 1.82) is 0 Å². The number of alkyl halides is 3. The Labute approximate surface area is 229 Å². The third-order valence-corrected chi connectivity index (χ3v) is 7.09. The normalized spacial score (nSPS) is 17.4. The quantitative estimate of drug-likeness (QED) is 0.303. The van der Waals surface area contributed by atoms with Crippen molar-refractivity contribution in [2.45, 2.75) is 32.1 Å². The van der Waals surface area contributed by atoms with Crippen LogP contribution in [0.3, 0.4) is 0 Å². The molecule has 3 heterocycles. The molecule has 0 aliphatic carbocycles. The van der Waals surface area contributed by atoms with Gasteiger partial charge in [-0.1, -0.05) is 11.3 Å². The number of carboxylic acid groups (broad SMARTS) is 1. The van der Waals surface area contributed by atoms with E-state index >= 15 is 0 Å². The van der Waals surface area contributed by atoms with E-state index < -0.39 is 23.9 Å². The number of carboxylic acids is 1. The van der Waals surface area contributed by atoms with Crippen LogP contribution in [0.4, 0.5) is 28.9 Å². The fraction of sp³-hybridized carbons (Fsp3) is 0.360. The van der Waals surface area contributed by atoms with Crippen molar-refractivity contribution < 1.29 is 37.0 Å². The van der Waals surface area contributed by atoms with Crippen LogP contribution in [-0.2, 0) is 11.8 Å². The number of halogens is 4. The van der Waals surface area contributed by atoms with Crippen molar-refractivity contribution in [2.24, 2.45) is 7.05 Å². The zero-order valence-corrected chi connectivity index (χ0v) is 22.7. The lowest BCUT2D eigenvalue weighted by Gasteiger charge is -2.37. The van der Waals surface area contributed by atoms with E-state index in [9.17, 15) is 22.4 Å². The minimum absolute atomic E-state index is 0.102. The average Bonchev–Trinajstić information content (AvgIpc) is 3.48. The van der Waals surface area contributed by atoms with Crippen LogP contribution >= 0.6 is 11.3 Å². The molecule has 40 heavy (non-hydrogen) atoms. The van der Waals surface area contributed by atoms with Crippen molar-refractivity contribution in [1.82, 2.24) is 20.1 Å². The maximum absolute atomic E-state index is 15.0. The van der Waals surface area contributed by atoms with Crippen LogP contribution in [0.25, 0.3) is 21.1 Å². The van der Waals surface area contributed by atoms with Gasteiger partial charge in [0.15, 0.2) is 5.82 Å². The molecule has 1 amide bonds. The van der Waals surface area contributed by atoms with Gasteiger partial charge < -0.3 is 25.4 Å². The predicted molar refractivity (Wildman–Crippen MR) is 143 cm³/mol. The summed E-state index contributed by atoms with van der Waals surface area (Å²) in [5, 5.41) is 18.4. The molecule has 2 aromatic carbocycles. The summed E-state index contributed by atoms with van der Waals surface area (Å²) in [5.74, 6) is -3.70. The highest BCUT2D eigenvalue weighted by atomic mass is 32.1. The van der Waals surface area contributed by atoms with Gasteiger partial charge in [-0.2, -0.15) is 18.3 Å². The minimum atomic E-state index is -5.08. The molecule has 3 N–H and O–H groups in total. The fourth-order valence-corrected chi connectivity index (χ4v) is 5.43. The lowest BCUT2D eigenvalue weighted by molar-refractivity contribution is -0.192. The van der Waals surface area contributed by atoms with Crippen molar-refractivity contribution in [3.8, 4) is 5.19 Å². The highest BCUT2D eigenvalue weighted by Crippen LogP contribution is 2.38. The van der Waals surface area contributed by atoms with Gasteiger partial charge in [0.1, 0.15) is 5.52 Å². The van der Waals surface area contributed by atoms with Gasteiger partial charge in [0.25, 0.3) is 11.1 Å². The molecule has 0 spiro atoms. The minimum Gasteiger partial charge on any atom is -0.475 e. The number of aromatic nitrogens is 3. The summed E-state index contributed by atoms with van der Waals surface area (Å²) in [5.41, 5.74) is 2.57. The molecule has 0 bridgehead atoms. The summed E-state index contributed by atoms with van der Waals surface area (Å²) in [4.78, 5) is 29.0.